The van der Waals surface area contributed by atoms with Crippen molar-refractivity contribution in [2.24, 2.45) is 0 Å². The molecule has 0 aliphatic heterocycles. The second-order valence-corrected chi connectivity index (χ2v) is 6.95. The van der Waals surface area contributed by atoms with E-state index in [0.29, 0.717) is 23.0 Å². The number of hydrogen-bond donors (Lipinski definition) is 0. The van der Waals surface area contributed by atoms with Crippen molar-refractivity contribution in [2.75, 3.05) is 13.7 Å². The number of ether oxygens (including phenoxy) is 2. The fourth-order valence-electron chi connectivity index (χ4n) is 3.22. The summed E-state index contributed by atoms with van der Waals surface area (Å²) in [5.41, 5.74) is 1.12. The number of rotatable bonds is 7. The van der Waals surface area contributed by atoms with Gasteiger partial charge < -0.3 is 13.9 Å². The Labute approximate surface area is 172 Å². The highest BCUT2D eigenvalue weighted by Crippen LogP contribution is 2.29. The molecule has 0 spiro atoms. The number of hydrogen-bond acceptors (Lipinski definition) is 5. The van der Waals surface area contributed by atoms with Gasteiger partial charge in [0.1, 0.15) is 23.8 Å². The summed E-state index contributed by atoms with van der Waals surface area (Å²) in [5, 5.41) is 0.966. The summed E-state index contributed by atoms with van der Waals surface area (Å²) in [6.07, 6.45) is 1.41. The smallest absolute Gasteiger partial charge is 0.340 e. The van der Waals surface area contributed by atoms with Crippen molar-refractivity contribution in [3.05, 3.63) is 74.3 Å². The van der Waals surface area contributed by atoms with E-state index in [1.54, 1.807) is 18.2 Å². The Morgan fingerprint density at radius 2 is 1.97 bits per heavy atom. The second-order valence-electron chi connectivity index (χ2n) is 6.54. The normalized spacial score (nSPS) is 11.0. The van der Waals surface area contributed by atoms with E-state index in [1.807, 2.05) is 6.92 Å². The minimum Gasteiger partial charge on any atom is -0.425 e. The van der Waals surface area contributed by atoms with Gasteiger partial charge in [-0.2, -0.15) is 0 Å². The minimum atomic E-state index is -0.569. The Bertz CT molecular complexity index is 1090. The summed E-state index contributed by atoms with van der Waals surface area (Å²) < 4.78 is 29.6. The van der Waals surface area contributed by atoms with Crippen molar-refractivity contribution in [3.8, 4) is 5.75 Å². The molecular formula is C22H20ClFO5. The molecule has 0 saturated carbocycles. The SMILES string of the molecule is CCCc1c(Cc2c(F)cccc2Cl)c(=O)oc2cc(OC(=O)COC)ccc12. The predicted octanol–water partition coefficient (Wildman–Crippen LogP) is 4.68. The molecule has 1 heterocycles. The topological polar surface area (TPSA) is 65.7 Å². The van der Waals surface area contributed by atoms with Gasteiger partial charge in [-0.15, -0.1) is 0 Å². The fraction of sp³-hybridized carbons (Fsp3) is 0.273. The number of carbonyl (C=O) groups is 1. The molecule has 3 rings (SSSR count). The predicted molar refractivity (Wildman–Crippen MR) is 108 cm³/mol. The van der Waals surface area contributed by atoms with Crippen molar-refractivity contribution < 1.29 is 23.1 Å². The zero-order valence-electron chi connectivity index (χ0n) is 16.1. The Hall–Kier alpha value is -2.70. The average molecular weight is 419 g/mol. The Morgan fingerprint density at radius 1 is 1.17 bits per heavy atom. The molecule has 0 N–H and O–H groups in total. The van der Waals surface area contributed by atoms with Gasteiger partial charge in [-0.05, 0) is 36.2 Å². The first-order chi connectivity index (χ1) is 13.9. The van der Waals surface area contributed by atoms with Crippen LogP contribution in [0, 0.1) is 5.82 Å². The molecule has 152 valence electrons. The maximum atomic E-state index is 14.3. The number of esters is 1. The highest BCUT2D eigenvalue weighted by atomic mass is 35.5. The van der Waals surface area contributed by atoms with E-state index in [9.17, 15) is 14.0 Å². The lowest BCUT2D eigenvalue weighted by atomic mass is 9.95. The summed E-state index contributed by atoms with van der Waals surface area (Å²) in [5.74, 6) is -0.788. The molecule has 3 aromatic rings. The summed E-state index contributed by atoms with van der Waals surface area (Å²) >= 11 is 6.14. The van der Waals surface area contributed by atoms with Crippen molar-refractivity contribution in [1.82, 2.24) is 0 Å². The number of fused-ring (bicyclic) bond motifs is 1. The minimum absolute atomic E-state index is 0.0314. The molecule has 2 aromatic carbocycles. The van der Waals surface area contributed by atoms with Crippen LogP contribution >= 0.6 is 11.6 Å². The maximum absolute atomic E-state index is 14.3. The third-order valence-corrected chi connectivity index (χ3v) is 4.85. The lowest BCUT2D eigenvalue weighted by Gasteiger charge is -2.13. The van der Waals surface area contributed by atoms with Crippen LogP contribution in [0.2, 0.25) is 5.02 Å². The summed E-state index contributed by atoms with van der Waals surface area (Å²) in [6, 6.07) is 9.25. The summed E-state index contributed by atoms with van der Waals surface area (Å²) in [4.78, 5) is 24.4. The highest BCUT2D eigenvalue weighted by molar-refractivity contribution is 6.31. The first-order valence-corrected chi connectivity index (χ1v) is 9.53. The van der Waals surface area contributed by atoms with Gasteiger partial charge in [0.05, 0.1) is 0 Å². The zero-order chi connectivity index (χ0) is 21.0. The molecule has 0 amide bonds. The van der Waals surface area contributed by atoms with E-state index in [2.05, 4.69) is 0 Å². The van der Waals surface area contributed by atoms with Gasteiger partial charge >= 0.3 is 11.6 Å². The average Bonchev–Trinajstić information content (AvgIpc) is 2.66. The van der Waals surface area contributed by atoms with E-state index < -0.39 is 17.4 Å². The van der Waals surface area contributed by atoms with Gasteiger partial charge in [0.2, 0.25) is 0 Å². The van der Waals surface area contributed by atoms with Crippen molar-refractivity contribution in [2.45, 2.75) is 26.2 Å². The van der Waals surface area contributed by atoms with Crippen molar-refractivity contribution in [3.63, 3.8) is 0 Å². The number of aryl methyl sites for hydroxylation is 1. The second kappa shape index (κ2) is 9.20. The van der Waals surface area contributed by atoms with Gasteiger partial charge in [0.25, 0.3) is 0 Å². The molecule has 0 saturated heterocycles. The van der Waals surface area contributed by atoms with Crippen LogP contribution in [0.3, 0.4) is 0 Å². The first-order valence-electron chi connectivity index (χ1n) is 9.15. The molecule has 0 bridgehead atoms. The van der Waals surface area contributed by atoms with Crippen LogP contribution in [0.15, 0.2) is 45.6 Å². The van der Waals surface area contributed by atoms with Gasteiger partial charge in [-0.3, -0.25) is 0 Å². The van der Waals surface area contributed by atoms with E-state index in [4.69, 9.17) is 25.5 Å². The van der Waals surface area contributed by atoms with Crippen LogP contribution in [-0.4, -0.2) is 19.7 Å². The third kappa shape index (κ3) is 4.66. The standard InChI is InChI=1S/C22H20ClFO5/c1-3-5-14-15-9-8-13(28-21(25)12-27-2)10-20(15)29-22(26)16(14)11-17-18(23)6-4-7-19(17)24/h4,6-10H,3,5,11-12H2,1-2H3. The lowest BCUT2D eigenvalue weighted by molar-refractivity contribution is -0.138. The number of benzene rings is 2. The Balaban J connectivity index is 2.09. The Kier molecular flexibility index (Phi) is 6.67. The molecular weight excluding hydrogens is 399 g/mol. The zero-order valence-corrected chi connectivity index (χ0v) is 16.8. The quantitative estimate of drug-likeness (QED) is 0.316. The van der Waals surface area contributed by atoms with Crippen molar-refractivity contribution in [1.29, 1.82) is 0 Å². The third-order valence-electron chi connectivity index (χ3n) is 4.50. The molecule has 0 atom stereocenters. The van der Waals surface area contributed by atoms with Gasteiger partial charge in [-0.25, -0.2) is 14.0 Å². The molecule has 0 radical (unpaired) electrons. The first kappa shape index (κ1) is 21.0. The molecule has 0 fully saturated rings. The van der Waals surface area contributed by atoms with E-state index in [1.165, 1.54) is 25.3 Å². The van der Waals surface area contributed by atoms with Crippen LogP contribution < -0.4 is 10.4 Å². The number of halogens is 2. The molecule has 0 aliphatic rings. The van der Waals surface area contributed by atoms with Gasteiger partial charge in [0, 0.05) is 41.1 Å². The maximum Gasteiger partial charge on any atom is 0.340 e. The molecule has 5 nitrogen and oxygen atoms in total. The monoisotopic (exact) mass is 418 g/mol. The molecule has 0 unspecified atom stereocenters. The van der Waals surface area contributed by atoms with Gasteiger partial charge in [0.15, 0.2) is 0 Å². The van der Waals surface area contributed by atoms with Crippen LogP contribution in [0.1, 0.15) is 30.0 Å². The molecule has 0 aliphatic carbocycles. The number of carbonyl (C=O) groups excluding carboxylic acids is 1. The lowest BCUT2D eigenvalue weighted by Crippen LogP contribution is -2.15. The molecule has 1 aromatic heterocycles. The molecule has 29 heavy (non-hydrogen) atoms. The largest absolute Gasteiger partial charge is 0.425 e. The van der Waals surface area contributed by atoms with Crippen LogP contribution in [0.5, 0.6) is 5.75 Å². The summed E-state index contributed by atoms with van der Waals surface area (Å²) in [7, 11) is 1.39. The number of methoxy groups -OCH3 is 1. The highest BCUT2D eigenvalue weighted by Gasteiger charge is 2.18. The summed E-state index contributed by atoms with van der Waals surface area (Å²) in [6.45, 7) is 1.80. The van der Waals surface area contributed by atoms with Crippen molar-refractivity contribution >= 4 is 28.5 Å². The fourth-order valence-corrected chi connectivity index (χ4v) is 3.45. The van der Waals surface area contributed by atoms with Gasteiger partial charge in [-0.1, -0.05) is 31.0 Å². The molecule has 7 heteroatoms. The van der Waals surface area contributed by atoms with Crippen LogP contribution in [0.4, 0.5) is 4.39 Å². The van der Waals surface area contributed by atoms with E-state index in [0.717, 1.165) is 12.0 Å². The Morgan fingerprint density at radius 3 is 2.66 bits per heavy atom. The van der Waals surface area contributed by atoms with E-state index in [-0.39, 0.29) is 29.4 Å². The van der Waals surface area contributed by atoms with E-state index >= 15 is 0 Å². The van der Waals surface area contributed by atoms with Crippen LogP contribution in [0.25, 0.3) is 11.0 Å². The van der Waals surface area contributed by atoms with Crippen LogP contribution in [-0.2, 0) is 22.4 Å².